The average molecular weight is 305 g/mol. The second kappa shape index (κ2) is 6.69. The number of hydrogen-bond acceptors (Lipinski definition) is 4. The monoisotopic (exact) mass is 305 g/mol. The van der Waals surface area contributed by atoms with Gasteiger partial charge in [-0.2, -0.15) is 0 Å². The molecular weight excluding hydrogens is 286 g/mol. The van der Waals surface area contributed by atoms with Gasteiger partial charge >= 0.3 is 6.03 Å². The fourth-order valence-corrected chi connectivity index (χ4v) is 2.64. The Morgan fingerprint density at radius 2 is 2.19 bits per heavy atom. The van der Waals surface area contributed by atoms with Crippen LogP contribution in [0, 0.1) is 6.92 Å². The van der Waals surface area contributed by atoms with Gasteiger partial charge in [0.2, 0.25) is 0 Å². The Balaban J connectivity index is 1.82. The van der Waals surface area contributed by atoms with Crippen LogP contribution in [-0.4, -0.2) is 22.7 Å². The van der Waals surface area contributed by atoms with Crippen molar-refractivity contribution in [2.24, 2.45) is 0 Å². The SMILES string of the molecule is Cc1cccnc1CNC(=O)NCC(C)(O)c1cccs1. The maximum absolute atomic E-state index is 11.8. The molecule has 1 unspecified atom stereocenters. The van der Waals surface area contributed by atoms with Gasteiger partial charge in [-0.25, -0.2) is 4.79 Å². The highest BCUT2D eigenvalue weighted by Crippen LogP contribution is 2.24. The average Bonchev–Trinajstić information content (AvgIpc) is 2.99. The molecule has 2 heterocycles. The molecule has 112 valence electrons. The van der Waals surface area contributed by atoms with E-state index in [-0.39, 0.29) is 12.6 Å². The molecule has 1 atom stereocenters. The third kappa shape index (κ3) is 4.27. The minimum atomic E-state index is -1.06. The van der Waals surface area contributed by atoms with E-state index in [1.165, 1.54) is 11.3 Å². The minimum Gasteiger partial charge on any atom is -0.383 e. The van der Waals surface area contributed by atoms with E-state index in [1.54, 1.807) is 13.1 Å². The Kier molecular flexibility index (Phi) is 4.93. The summed E-state index contributed by atoms with van der Waals surface area (Å²) in [5.74, 6) is 0. The van der Waals surface area contributed by atoms with Gasteiger partial charge in [0.25, 0.3) is 0 Å². The standard InChI is InChI=1S/C15H19N3O2S/c1-11-5-3-7-16-12(11)9-17-14(19)18-10-15(2,20)13-6-4-8-21-13/h3-8,20H,9-10H2,1-2H3,(H2,17,18,19). The van der Waals surface area contributed by atoms with E-state index < -0.39 is 5.60 Å². The van der Waals surface area contributed by atoms with Gasteiger partial charge in [0, 0.05) is 11.1 Å². The third-order valence-electron chi connectivity index (χ3n) is 3.18. The molecule has 0 aliphatic heterocycles. The van der Waals surface area contributed by atoms with Crippen LogP contribution in [0.1, 0.15) is 23.1 Å². The number of hydrogen-bond donors (Lipinski definition) is 3. The highest BCUT2D eigenvalue weighted by Gasteiger charge is 2.24. The second-order valence-corrected chi connectivity index (χ2v) is 6.00. The molecule has 0 bridgehead atoms. The van der Waals surface area contributed by atoms with Gasteiger partial charge in [0.05, 0.1) is 18.8 Å². The number of pyridine rings is 1. The van der Waals surface area contributed by atoms with Crippen LogP contribution in [0.2, 0.25) is 0 Å². The molecule has 0 saturated carbocycles. The molecule has 0 aromatic carbocycles. The lowest BCUT2D eigenvalue weighted by Crippen LogP contribution is -2.43. The van der Waals surface area contributed by atoms with Gasteiger partial charge in [0.1, 0.15) is 5.60 Å². The number of aryl methyl sites for hydroxylation is 1. The minimum absolute atomic E-state index is 0.153. The molecular formula is C15H19N3O2S. The number of carbonyl (C=O) groups is 1. The lowest BCUT2D eigenvalue weighted by atomic mass is 10.1. The predicted octanol–water partition coefficient (Wildman–Crippen LogP) is 2.16. The molecule has 5 nitrogen and oxygen atoms in total. The smallest absolute Gasteiger partial charge is 0.315 e. The highest BCUT2D eigenvalue weighted by molar-refractivity contribution is 7.10. The quantitative estimate of drug-likeness (QED) is 0.792. The van der Waals surface area contributed by atoms with E-state index in [4.69, 9.17) is 0 Å². The first-order chi connectivity index (χ1) is 9.99. The number of urea groups is 1. The molecule has 2 aromatic heterocycles. The zero-order chi connectivity index (χ0) is 15.3. The summed E-state index contributed by atoms with van der Waals surface area (Å²) in [6, 6.07) is 7.21. The molecule has 6 heteroatoms. The Morgan fingerprint density at radius 1 is 1.38 bits per heavy atom. The zero-order valence-corrected chi connectivity index (χ0v) is 12.9. The Bertz CT molecular complexity index is 597. The van der Waals surface area contributed by atoms with Crippen LogP contribution in [0.3, 0.4) is 0 Å². The molecule has 0 spiro atoms. The van der Waals surface area contributed by atoms with E-state index >= 15 is 0 Å². The molecule has 2 rings (SSSR count). The van der Waals surface area contributed by atoms with Crippen molar-refractivity contribution in [2.45, 2.75) is 26.0 Å². The summed E-state index contributed by atoms with van der Waals surface area (Å²) < 4.78 is 0. The van der Waals surface area contributed by atoms with Crippen LogP contribution in [0.25, 0.3) is 0 Å². The summed E-state index contributed by atoms with van der Waals surface area (Å²) in [5.41, 5.74) is 0.799. The number of nitrogens with one attached hydrogen (secondary N) is 2. The molecule has 3 N–H and O–H groups in total. The van der Waals surface area contributed by atoms with Gasteiger partial charge in [-0.15, -0.1) is 11.3 Å². The molecule has 2 amide bonds. The van der Waals surface area contributed by atoms with Crippen LogP contribution in [0.5, 0.6) is 0 Å². The summed E-state index contributed by atoms with van der Waals surface area (Å²) in [4.78, 5) is 16.8. The molecule has 0 aliphatic carbocycles. The van der Waals surface area contributed by atoms with Gasteiger partial charge in [-0.3, -0.25) is 4.98 Å². The number of thiophene rings is 1. The van der Waals surface area contributed by atoms with Crippen molar-refractivity contribution < 1.29 is 9.90 Å². The van der Waals surface area contributed by atoms with Gasteiger partial charge in [-0.1, -0.05) is 12.1 Å². The first-order valence-corrected chi connectivity index (χ1v) is 7.55. The number of aromatic nitrogens is 1. The summed E-state index contributed by atoms with van der Waals surface area (Å²) in [5, 5.41) is 17.6. The van der Waals surface area contributed by atoms with Crippen molar-refractivity contribution in [3.63, 3.8) is 0 Å². The van der Waals surface area contributed by atoms with Gasteiger partial charge < -0.3 is 15.7 Å². The van der Waals surface area contributed by atoms with Crippen LogP contribution in [0.15, 0.2) is 35.8 Å². The summed E-state index contributed by atoms with van der Waals surface area (Å²) in [6.07, 6.45) is 1.70. The highest BCUT2D eigenvalue weighted by atomic mass is 32.1. The van der Waals surface area contributed by atoms with E-state index in [9.17, 15) is 9.90 Å². The lowest BCUT2D eigenvalue weighted by Gasteiger charge is -2.22. The summed E-state index contributed by atoms with van der Waals surface area (Å²) in [7, 11) is 0. The van der Waals surface area contributed by atoms with Crippen molar-refractivity contribution >= 4 is 17.4 Å². The maximum Gasteiger partial charge on any atom is 0.315 e. The van der Waals surface area contributed by atoms with Crippen LogP contribution >= 0.6 is 11.3 Å². The van der Waals surface area contributed by atoms with Crippen molar-refractivity contribution in [3.8, 4) is 0 Å². The van der Waals surface area contributed by atoms with E-state index in [2.05, 4.69) is 15.6 Å². The van der Waals surface area contributed by atoms with Crippen LogP contribution < -0.4 is 10.6 Å². The number of carbonyl (C=O) groups excluding carboxylic acids is 1. The first-order valence-electron chi connectivity index (χ1n) is 6.67. The molecule has 2 aromatic rings. The molecule has 0 aliphatic rings. The number of amides is 2. The van der Waals surface area contributed by atoms with Crippen molar-refractivity contribution in [3.05, 3.63) is 52.0 Å². The molecule has 21 heavy (non-hydrogen) atoms. The van der Waals surface area contributed by atoms with Crippen molar-refractivity contribution in [1.29, 1.82) is 0 Å². The maximum atomic E-state index is 11.8. The number of aliphatic hydroxyl groups is 1. The fourth-order valence-electron chi connectivity index (χ4n) is 1.85. The van der Waals surface area contributed by atoms with Crippen molar-refractivity contribution in [2.75, 3.05) is 6.54 Å². The largest absolute Gasteiger partial charge is 0.383 e. The Labute approximate surface area is 128 Å². The first kappa shape index (κ1) is 15.5. The summed E-state index contributed by atoms with van der Waals surface area (Å²) >= 11 is 1.46. The molecule has 0 radical (unpaired) electrons. The second-order valence-electron chi connectivity index (χ2n) is 5.05. The topological polar surface area (TPSA) is 74.2 Å². The number of rotatable bonds is 5. The Hall–Kier alpha value is -1.92. The van der Waals surface area contributed by atoms with Gasteiger partial charge in [-0.05, 0) is 36.9 Å². The van der Waals surface area contributed by atoms with E-state index in [0.29, 0.717) is 6.54 Å². The van der Waals surface area contributed by atoms with Gasteiger partial charge in [0.15, 0.2) is 0 Å². The summed E-state index contributed by atoms with van der Waals surface area (Å²) in [6.45, 7) is 4.14. The van der Waals surface area contributed by atoms with Crippen LogP contribution in [0.4, 0.5) is 4.79 Å². The molecule has 0 fully saturated rings. The van der Waals surface area contributed by atoms with E-state index in [0.717, 1.165) is 16.1 Å². The third-order valence-corrected chi connectivity index (χ3v) is 4.30. The number of nitrogens with zero attached hydrogens (tertiary/aromatic N) is 1. The van der Waals surface area contributed by atoms with E-state index in [1.807, 2.05) is 36.6 Å². The Morgan fingerprint density at radius 3 is 2.86 bits per heavy atom. The van der Waals surface area contributed by atoms with Crippen molar-refractivity contribution in [1.82, 2.24) is 15.6 Å². The molecule has 0 saturated heterocycles. The normalized spacial score (nSPS) is 13.5. The predicted molar refractivity (Wildman–Crippen MR) is 83.1 cm³/mol. The van der Waals surface area contributed by atoms with Crippen LogP contribution in [-0.2, 0) is 12.1 Å². The lowest BCUT2D eigenvalue weighted by molar-refractivity contribution is 0.0631. The fraction of sp³-hybridized carbons (Fsp3) is 0.333. The zero-order valence-electron chi connectivity index (χ0n) is 12.1.